The van der Waals surface area contributed by atoms with E-state index in [1.165, 1.54) is 29.2 Å². The van der Waals surface area contributed by atoms with E-state index in [0.717, 1.165) is 6.41 Å². The third kappa shape index (κ3) is 4.18. The zero-order valence-corrected chi connectivity index (χ0v) is 17.9. The molecule has 0 aliphatic carbocycles. The molecule has 2 aromatic rings. The van der Waals surface area contributed by atoms with Gasteiger partial charge in [-0.2, -0.15) is 0 Å². The molecule has 3 amide bonds. The third-order valence-electron chi connectivity index (χ3n) is 3.69. The van der Waals surface area contributed by atoms with Gasteiger partial charge in [-0.05, 0) is 12.1 Å². The molecular weight excluding hydrogens is 466 g/mol. The number of hydrogen-bond donors (Lipinski definition) is 1. The fourth-order valence-electron chi connectivity index (χ4n) is 2.42. The van der Waals surface area contributed by atoms with Crippen molar-refractivity contribution < 1.29 is 24.3 Å². The molecule has 0 aromatic heterocycles. The molecule has 29 heavy (non-hydrogen) atoms. The van der Waals surface area contributed by atoms with E-state index in [1.807, 2.05) is 0 Å². The number of hydrogen-bond acceptors (Lipinski definition) is 4. The van der Waals surface area contributed by atoms with Crippen LogP contribution in [0.15, 0.2) is 24.3 Å². The zero-order chi connectivity index (χ0) is 22.0. The molecule has 0 unspecified atom stereocenters. The van der Waals surface area contributed by atoms with Crippen molar-refractivity contribution in [3.8, 4) is 0 Å². The number of imide groups is 1. The molecule has 1 aliphatic heterocycles. The van der Waals surface area contributed by atoms with Gasteiger partial charge in [-0.25, -0.2) is 9.69 Å². The minimum absolute atomic E-state index is 0.101. The Morgan fingerprint density at radius 2 is 1.34 bits per heavy atom. The van der Waals surface area contributed by atoms with Crippen LogP contribution >= 0.6 is 46.4 Å². The first-order valence-corrected chi connectivity index (χ1v) is 9.24. The summed E-state index contributed by atoms with van der Waals surface area (Å²) in [5, 5.41) is 8.53. The molecule has 1 N–H and O–H groups in total. The summed E-state index contributed by atoms with van der Waals surface area (Å²) in [6.07, 6.45) is 0.750. The van der Waals surface area contributed by atoms with Gasteiger partial charge in [0.2, 0.25) is 6.41 Å². The molecule has 152 valence electrons. The second-order valence-corrected chi connectivity index (χ2v) is 7.35. The Labute approximate surface area is 185 Å². The van der Waals surface area contributed by atoms with Crippen LogP contribution in [0.3, 0.4) is 0 Å². The van der Waals surface area contributed by atoms with E-state index in [-0.39, 0.29) is 42.5 Å². The van der Waals surface area contributed by atoms with Gasteiger partial charge in [0, 0.05) is 14.1 Å². The van der Waals surface area contributed by atoms with Crippen molar-refractivity contribution >= 4 is 76.3 Å². The van der Waals surface area contributed by atoms with Crippen LogP contribution in [-0.4, -0.2) is 48.3 Å². The maximum absolute atomic E-state index is 12.7. The highest BCUT2D eigenvalue weighted by atomic mass is 35.5. The van der Waals surface area contributed by atoms with Crippen molar-refractivity contribution in [2.75, 3.05) is 19.0 Å². The molecule has 0 saturated heterocycles. The first-order valence-electron chi connectivity index (χ1n) is 7.73. The average molecular weight is 478 g/mol. The zero-order valence-electron chi connectivity index (χ0n) is 14.9. The SMILES string of the molecule is CN(C)C=O.O=C(O)c1ccccc1N1C(=O)c2c(Cl)c(Cl)c(Cl)c(Cl)c2C1=O. The lowest BCUT2D eigenvalue weighted by molar-refractivity contribution is -0.115. The van der Waals surface area contributed by atoms with E-state index in [1.54, 1.807) is 14.1 Å². The van der Waals surface area contributed by atoms with E-state index >= 15 is 0 Å². The van der Waals surface area contributed by atoms with Crippen LogP contribution in [-0.2, 0) is 4.79 Å². The first-order chi connectivity index (χ1) is 13.5. The Kier molecular flexibility index (Phi) is 7.13. The topological polar surface area (TPSA) is 95.0 Å². The van der Waals surface area contributed by atoms with Crippen LogP contribution in [0.4, 0.5) is 5.69 Å². The van der Waals surface area contributed by atoms with E-state index in [4.69, 9.17) is 46.4 Å². The van der Waals surface area contributed by atoms with E-state index in [2.05, 4.69) is 0 Å². The van der Waals surface area contributed by atoms with E-state index < -0.39 is 17.8 Å². The number of halogens is 4. The summed E-state index contributed by atoms with van der Waals surface area (Å²) < 4.78 is 0. The van der Waals surface area contributed by atoms with Gasteiger partial charge in [-0.1, -0.05) is 58.5 Å². The quantitative estimate of drug-likeness (QED) is 0.304. The van der Waals surface area contributed by atoms with E-state index in [9.17, 15) is 24.3 Å². The lowest BCUT2D eigenvalue weighted by Gasteiger charge is -2.16. The van der Waals surface area contributed by atoms with Gasteiger partial charge >= 0.3 is 5.97 Å². The third-order valence-corrected chi connectivity index (χ3v) is 5.49. The number of carboxylic acid groups (broad SMARTS) is 1. The van der Waals surface area contributed by atoms with Crippen molar-refractivity contribution in [1.29, 1.82) is 0 Å². The highest BCUT2D eigenvalue weighted by Gasteiger charge is 2.43. The molecule has 1 aliphatic rings. The summed E-state index contributed by atoms with van der Waals surface area (Å²) in [7, 11) is 3.38. The first kappa shape index (κ1) is 23.0. The fourth-order valence-corrected chi connectivity index (χ4v) is 3.43. The number of amides is 3. The second-order valence-electron chi connectivity index (χ2n) is 5.84. The molecule has 1 heterocycles. The number of carboxylic acids is 1. The summed E-state index contributed by atoms with van der Waals surface area (Å²) in [6, 6.07) is 5.56. The van der Waals surface area contributed by atoms with Gasteiger partial charge in [0.15, 0.2) is 0 Å². The molecule has 0 atom stereocenters. The lowest BCUT2D eigenvalue weighted by atomic mass is 10.1. The predicted octanol–water partition coefficient (Wildman–Crippen LogP) is 4.50. The highest BCUT2D eigenvalue weighted by molar-refractivity contribution is 6.56. The molecular formula is C18H12Cl4N2O5. The average Bonchev–Trinajstić information content (AvgIpc) is 2.95. The van der Waals surface area contributed by atoms with Crippen molar-refractivity contribution in [2.45, 2.75) is 0 Å². The normalized spacial score (nSPS) is 12.3. The van der Waals surface area contributed by atoms with Crippen LogP contribution < -0.4 is 4.90 Å². The van der Waals surface area contributed by atoms with Crippen LogP contribution in [0.2, 0.25) is 20.1 Å². The fraction of sp³-hybridized carbons (Fsp3) is 0.111. The van der Waals surface area contributed by atoms with Crippen molar-refractivity contribution in [3.05, 3.63) is 61.0 Å². The van der Waals surface area contributed by atoms with Crippen LogP contribution in [0.5, 0.6) is 0 Å². The predicted molar refractivity (Wildman–Crippen MR) is 111 cm³/mol. The van der Waals surface area contributed by atoms with Gasteiger partial charge in [0.05, 0.1) is 42.5 Å². The van der Waals surface area contributed by atoms with Gasteiger partial charge in [-0.3, -0.25) is 14.4 Å². The maximum Gasteiger partial charge on any atom is 0.337 e. The molecule has 0 radical (unpaired) electrons. The Bertz CT molecular complexity index is 992. The van der Waals surface area contributed by atoms with Crippen molar-refractivity contribution in [3.63, 3.8) is 0 Å². The Morgan fingerprint density at radius 3 is 1.72 bits per heavy atom. The molecule has 2 aromatic carbocycles. The van der Waals surface area contributed by atoms with Crippen molar-refractivity contribution in [1.82, 2.24) is 4.90 Å². The standard InChI is InChI=1S/C15H5Cl4NO4.C3H7NO/c16-9-7-8(10(17)12(19)11(9)18)14(22)20(13(7)21)6-4-2-1-3-5(6)15(23)24;1-4(2)3-5/h1-4H,(H,23,24);3H,1-2H3. The molecule has 7 nitrogen and oxygen atoms in total. The summed E-state index contributed by atoms with van der Waals surface area (Å²) >= 11 is 23.9. The number of benzene rings is 2. The number of anilines is 1. The maximum atomic E-state index is 12.7. The monoisotopic (exact) mass is 476 g/mol. The minimum atomic E-state index is -1.30. The van der Waals surface area contributed by atoms with E-state index in [0.29, 0.717) is 4.90 Å². The number of nitrogens with zero attached hydrogens (tertiary/aromatic N) is 2. The molecule has 3 rings (SSSR count). The lowest BCUT2D eigenvalue weighted by Crippen LogP contribution is -2.31. The molecule has 0 spiro atoms. The highest BCUT2D eigenvalue weighted by Crippen LogP contribution is 2.45. The molecule has 0 fully saturated rings. The van der Waals surface area contributed by atoms with Gasteiger partial charge in [0.25, 0.3) is 11.8 Å². The summed E-state index contributed by atoms with van der Waals surface area (Å²) in [4.78, 5) is 48.3. The largest absolute Gasteiger partial charge is 0.478 e. The number of carbonyl (C=O) groups is 4. The summed E-state index contributed by atoms with van der Waals surface area (Å²) in [5.41, 5.74) is -0.741. The Morgan fingerprint density at radius 1 is 0.931 bits per heavy atom. The number of aromatic carboxylic acids is 1. The van der Waals surface area contributed by atoms with Gasteiger partial charge in [0.1, 0.15) is 0 Å². The molecule has 0 saturated carbocycles. The van der Waals surface area contributed by atoms with Crippen LogP contribution in [0.1, 0.15) is 31.1 Å². The van der Waals surface area contributed by atoms with Crippen LogP contribution in [0.25, 0.3) is 0 Å². The second kappa shape index (κ2) is 9.00. The summed E-state index contributed by atoms with van der Waals surface area (Å²) in [6.45, 7) is 0. The number of fused-ring (bicyclic) bond motifs is 1. The molecule has 11 heteroatoms. The van der Waals surface area contributed by atoms with Crippen LogP contribution in [0, 0.1) is 0 Å². The number of para-hydroxylation sites is 1. The Hall–Kier alpha value is -2.32. The number of carbonyl (C=O) groups excluding carboxylic acids is 3. The van der Waals surface area contributed by atoms with Gasteiger partial charge < -0.3 is 10.0 Å². The van der Waals surface area contributed by atoms with Gasteiger partial charge in [-0.15, -0.1) is 0 Å². The number of rotatable bonds is 3. The Balaban J connectivity index is 0.000000537. The minimum Gasteiger partial charge on any atom is -0.478 e. The summed E-state index contributed by atoms with van der Waals surface area (Å²) in [5.74, 6) is -2.95. The molecule has 0 bridgehead atoms. The van der Waals surface area contributed by atoms with Crippen molar-refractivity contribution in [2.24, 2.45) is 0 Å². The smallest absolute Gasteiger partial charge is 0.337 e.